The fourth-order valence-corrected chi connectivity index (χ4v) is 0.838. The number of aliphatic hydroxyl groups is 1. The molecule has 13 heavy (non-hydrogen) atoms. The van der Waals surface area contributed by atoms with E-state index in [1.807, 2.05) is 0 Å². The van der Waals surface area contributed by atoms with Crippen LogP contribution in [-0.2, 0) is 14.3 Å². The molecule has 0 aliphatic heterocycles. The van der Waals surface area contributed by atoms with E-state index in [4.69, 9.17) is 10.2 Å². The molecule has 0 radical (unpaired) electrons. The lowest BCUT2D eigenvalue weighted by Crippen LogP contribution is -2.13. The number of rotatable bonds is 6. The van der Waals surface area contributed by atoms with E-state index in [0.29, 0.717) is 12.8 Å². The molecule has 0 aliphatic carbocycles. The Bertz CT molecular complexity index is 177. The lowest BCUT2D eigenvalue weighted by molar-refractivity contribution is -0.142. The zero-order valence-corrected chi connectivity index (χ0v) is 7.52. The molecule has 0 aromatic rings. The highest BCUT2D eigenvalue weighted by Crippen LogP contribution is 2.01. The Morgan fingerprint density at radius 1 is 1.46 bits per heavy atom. The Balaban J connectivity index is 3.31. The number of hydrogen-bond donors (Lipinski definition) is 2. The summed E-state index contributed by atoms with van der Waals surface area (Å²) in [6, 6.07) is 0. The predicted molar refractivity (Wildman–Crippen MR) is 44.1 cm³/mol. The maximum atomic E-state index is 10.3. The first-order valence-electron chi connectivity index (χ1n) is 4.05. The van der Waals surface area contributed by atoms with Crippen LogP contribution in [0.15, 0.2) is 0 Å². The van der Waals surface area contributed by atoms with Gasteiger partial charge in [0.05, 0.1) is 19.1 Å². The van der Waals surface area contributed by atoms with Crippen molar-refractivity contribution in [2.45, 2.75) is 32.3 Å². The molecule has 5 heteroatoms. The third-order valence-electron chi connectivity index (χ3n) is 1.40. The van der Waals surface area contributed by atoms with Crippen molar-refractivity contribution in [2.75, 3.05) is 6.61 Å². The van der Waals surface area contributed by atoms with Crippen molar-refractivity contribution in [3.8, 4) is 0 Å². The minimum absolute atomic E-state index is 0.228. The molecule has 0 fully saturated rings. The number of hydrogen-bond acceptors (Lipinski definition) is 4. The molecule has 0 heterocycles. The summed E-state index contributed by atoms with van der Waals surface area (Å²) in [5.41, 5.74) is 0. The normalized spacial score (nSPS) is 12.2. The van der Waals surface area contributed by atoms with Crippen LogP contribution >= 0.6 is 0 Å². The Morgan fingerprint density at radius 2 is 2.08 bits per heavy atom. The molecule has 0 bridgehead atoms. The van der Waals surface area contributed by atoms with Crippen LogP contribution in [0.4, 0.5) is 0 Å². The van der Waals surface area contributed by atoms with Crippen molar-refractivity contribution < 1.29 is 24.5 Å². The van der Waals surface area contributed by atoms with Gasteiger partial charge in [0.1, 0.15) is 0 Å². The summed E-state index contributed by atoms with van der Waals surface area (Å²) in [4.78, 5) is 20.4. The first-order valence-corrected chi connectivity index (χ1v) is 4.05. The van der Waals surface area contributed by atoms with Crippen LogP contribution in [-0.4, -0.2) is 34.9 Å². The first-order chi connectivity index (χ1) is 6.02. The third-order valence-corrected chi connectivity index (χ3v) is 1.40. The Hall–Kier alpha value is -1.10. The molecule has 0 spiro atoms. The van der Waals surface area contributed by atoms with E-state index >= 15 is 0 Å². The number of carbonyl (C=O) groups is 2. The number of carboxylic acid groups (broad SMARTS) is 1. The molecule has 0 aromatic heterocycles. The van der Waals surface area contributed by atoms with Gasteiger partial charge in [-0.2, -0.15) is 0 Å². The Morgan fingerprint density at radius 3 is 2.54 bits per heavy atom. The molecule has 0 rings (SSSR count). The van der Waals surface area contributed by atoms with Gasteiger partial charge in [-0.1, -0.05) is 0 Å². The maximum absolute atomic E-state index is 10.3. The number of aliphatic carboxylic acids is 1. The molecule has 1 unspecified atom stereocenters. The molecular formula is C8H14O5. The molecular weight excluding hydrogens is 176 g/mol. The number of esters is 1. The van der Waals surface area contributed by atoms with Crippen molar-refractivity contribution in [2.24, 2.45) is 0 Å². The maximum Gasteiger partial charge on any atom is 0.305 e. The van der Waals surface area contributed by atoms with Gasteiger partial charge in [0.15, 0.2) is 0 Å². The number of aliphatic hydroxyl groups excluding tert-OH is 1. The van der Waals surface area contributed by atoms with Crippen LogP contribution < -0.4 is 0 Å². The van der Waals surface area contributed by atoms with Gasteiger partial charge in [-0.25, -0.2) is 0 Å². The average Bonchev–Trinajstić information content (AvgIpc) is 1.96. The van der Waals surface area contributed by atoms with Crippen molar-refractivity contribution in [1.82, 2.24) is 0 Å². The van der Waals surface area contributed by atoms with Gasteiger partial charge in [-0.15, -0.1) is 0 Å². The van der Waals surface area contributed by atoms with Crippen LogP contribution in [0.2, 0.25) is 0 Å². The molecule has 0 aromatic carbocycles. The highest BCUT2D eigenvalue weighted by molar-refractivity contribution is 5.67. The smallest absolute Gasteiger partial charge is 0.305 e. The SMILES string of the molecule is CC(=O)OCCCC(O)CC(=O)O. The van der Waals surface area contributed by atoms with Crippen molar-refractivity contribution in [1.29, 1.82) is 0 Å². The van der Waals surface area contributed by atoms with Gasteiger partial charge < -0.3 is 14.9 Å². The van der Waals surface area contributed by atoms with E-state index < -0.39 is 12.1 Å². The standard InChI is InChI=1S/C8H14O5/c1-6(9)13-4-2-3-7(10)5-8(11)12/h7,10H,2-5H2,1H3,(H,11,12). The Labute approximate surface area is 76.3 Å². The Kier molecular flexibility index (Phi) is 5.88. The van der Waals surface area contributed by atoms with Crippen molar-refractivity contribution >= 4 is 11.9 Å². The average molecular weight is 190 g/mol. The quantitative estimate of drug-likeness (QED) is 0.460. The number of carboxylic acids is 1. The van der Waals surface area contributed by atoms with E-state index in [0.717, 1.165) is 0 Å². The molecule has 2 N–H and O–H groups in total. The molecule has 0 saturated carbocycles. The monoisotopic (exact) mass is 190 g/mol. The molecule has 1 atom stereocenters. The lowest BCUT2D eigenvalue weighted by atomic mass is 10.1. The summed E-state index contributed by atoms with van der Waals surface area (Å²) >= 11 is 0. The topological polar surface area (TPSA) is 83.8 Å². The zero-order chi connectivity index (χ0) is 10.3. The van der Waals surface area contributed by atoms with E-state index in [1.165, 1.54) is 6.92 Å². The second-order valence-corrected chi connectivity index (χ2v) is 2.73. The van der Waals surface area contributed by atoms with Gasteiger partial charge in [-0.05, 0) is 12.8 Å². The van der Waals surface area contributed by atoms with Gasteiger partial charge in [0.25, 0.3) is 0 Å². The van der Waals surface area contributed by atoms with Gasteiger partial charge in [0, 0.05) is 6.92 Å². The third kappa shape index (κ3) is 8.81. The van der Waals surface area contributed by atoms with Crippen LogP contribution in [0, 0.1) is 0 Å². The summed E-state index contributed by atoms with van der Waals surface area (Å²) in [5.74, 6) is -1.40. The first kappa shape index (κ1) is 11.9. The second kappa shape index (κ2) is 6.42. The minimum Gasteiger partial charge on any atom is -0.481 e. The van der Waals surface area contributed by atoms with E-state index in [9.17, 15) is 9.59 Å². The second-order valence-electron chi connectivity index (χ2n) is 2.73. The minimum atomic E-state index is -1.03. The van der Waals surface area contributed by atoms with Crippen LogP contribution in [0.3, 0.4) is 0 Å². The summed E-state index contributed by atoms with van der Waals surface area (Å²) < 4.78 is 4.60. The van der Waals surface area contributed by atoms with Crippen LogP contribution in [0.1, 0.15) is 26.2 Å². The van der Waals surface area contributed by atoms with Gasteiger partial charge in [-0.3, -0.25) is 9.59 Å². The predicted octanol–water partition coefficient (Wildman–Crippen LogP) is 0.165. The van der Waals surface area contributed by atoms with Crippen LogP contribution in [0.5, 0.6) is 0 Å². The summed E-state index contributed by atoms with van der Waals surface area (Å²) in [5, 5.41) is 17.3. The fourth-order valence-electron chi connectivity index (χ4n) is 0.838. The van der Waals surface area contributed by atoms with E-state index in [2.05, 4.69) is 4.74 Å². The summed E-state index contributed by atoms with van der Waals surface area (Å²) in [7, 11) is 0. The molecule has 0 amide bonds. The van der Waals surface area contributed by atoms with E-state index in [-0.39, 0.29) is 19.0 Å². The highest BCUT2D eigenvalue weighted by Gasteiger charge is 2.08. The van der Waals surface area contributed by atoms with Crippen LogP contribution in [0.25, 0.3) is 0 Å². The molecule has 0 aliphatic rings. The summed E-state index contributed by atoms with van der Waals surface area (Å²) in [6.07, 6.45) is -0.304. The zero-order valence-electron chi connectivity index (χ0n) is 7.52. The molecule has 5 nitrogen and oxygen atoms in total. The summed E-state index contributed by atoms with van der Waals surface area (Å²) in [6.45, 7) is 1.53. The molecule has 76 valence electrons. The largest absolute Gasteiger partial charge is 0.481 e. The number of ether oxygens (including phenoxy) is 1. The van der Waals surface area contributed by atoms with E-state index in [1.54, 1.807) is 0 Å². The lowest BCUT2D eigenvalue weighted by Gasteiger charge is -2.06. The molecule has 0 saturated heterocycles. The number of carbonyl (C=O) groups excluding carboxylic acids is 1. The van der Waals surface area contributed by atoms with Gasteiger partial charge >= 0.3 is 11.9 Å². The van der Waals surface area contributed by atoms with Gasteiger partial charge in [0.2, 0.25) is 0 Å². The fraction of sp³-hybridized carbons (Fsp3) is 0.750. The van der Waals surface area contributed by atoms with Crippen molar-refractivity contribution in [3.05, 3.63) is 0 Å². The highest BCUT2D eigenvalue weighted by atomic mass is 16.5. The van der Waals surface area contributed by atoms with Crippen molar-refractivity contribution in [3.63, 3.8) is 0 Å².